The van der Waals surface area contributed by atoms with Crippen LogP contribution in [0.3, 0.4) is 0 Å². The minimum absolute atomic E-state index is 0.117. The fraction of sp³-hybridized carbons (Fsp3) is 0.200. The fourth-order valence-corrected chi connectivity index (χ4v) is 3.13. The molecule has 1 amide bonds. The maximum atomic E-state index is 13.3. The summed E-state index contributed by atoms with van der Waals surface area (Å²) in [5.41, 5.74) is 2.50. The number of rotatable bonds is 3. The van der Waals surface area contributed by atoms with Gasteiger partial charge in [-0.2, -0.15) is 5.10 Å². The van der Waals surface area contributed by atoms with Crippen LogP contribution in [0.15, 0.2) is 54.6 Å². The first-order chi connectivity index (χ1) is 13.1. The molecule has 0 aliphatic carbocycles. The van der Waals surface area contributed by atoms with E-state index in [-0.39, 0.29) is 11.7 Å². The third-order valence-corrected chi connectivity index (χ3v) is 4.69. The summed E-state index contributed by atoms with van der Waals surface area (Å²) in [6, 6.07) is 14.9. The Kier molecular flexibility index (Phi) is 4.92. The lowest BCUT2D eigenvalue weighted by Crippen LogP contribution is -2.41. The van der Waals surface area contributed by atoms with Crippen LogP contribution in [0.2, 0.25) is 5.02 Å². The zero-order valence-corrected chi connectivity index (χ0v) is 15.2. The molecular formula is C20H17ClFN3O2. The third kappa shape index (κ3) is 3.72. The van der Waals surface area contributed by atoms with Crippen LogP contribution in [0.5, 0.6) is 0 Å². The second-order valence-electron chi connectivity index (χ2n) is 6.21. The largest absolute Gasteiger partial charge is 0.378 e. The highest BCUT2D eigenvalue weighted by Crippen LogP contribution is 2.24. The lowest BCUT2D eigenvalue weighted by Gasteiger charge is -2.26. The molecule has 1 saturated heterocycles. The Hall–Kier alpha value is -2.70. The van der Waals surface area contributed by atoms with Gasteiger partial charge in [-0.15, -0.1) is 0 Å². The highest BCUT2D eigenvalue weighted by atomic mass is 35.5. The maximum absolute atomic E-state index is 13.3. The van der Waals surface area contributed by atoms with Crippen LogP contribution in [0.25, 0.3) is 16.9 Å². The number of morpholine rings is 1. The van der Waals surface area contributed by atoms with E-state index in [1.165, 1.54) is 12.1 Å². The van der Waals surface area contributed by atoms with Gasteiger partial charge in [0.05, 0.1) is 24.6 Å². The number of ether oxygens (including phenoxy) is 1. The Balaban J connectivity index is 1.78. The number of halogens is 2. The molecule has 1 aliphatic rings. The number of hydrogen-bond donors (Lipinski definition) is 0. The van der Waals surface area contributed by atoms with Gasteiger partial charge >= 0.3 is 0 Å². The molecule has 0 unspecified atom stereocenters. The predicted molar refractivity (Wildman–Crippen MR) is 101 cm³/mol. The van der Waals surface area contributed by atoms with Crippen molar-refractivity contribution in [1.29, 1.82) is 0 Å². The molecule has 0 saturated carbocycles. The van der Waals surface area contributed by atoms with E-state index < -0.39 is 0 Å². The summed E-state index contributed by atoms with van der Waals surface area (Å²) in [5.74, 6) is -0.436. The highest BCUT2D eigenvalue weighted by Gasteiger charge is 2.24. The van der Waals surface area contributed by atoms with E-state index in [0.717, 1.165) is 11.3 Å². The Bertz CT molecular complexity index is 948. The standard InChI is InChI=1S/C20H17ClFN3O2/c21-15-3-7-17(8-4-15)25-19(20(26)24-9-11-27-12-10-24)13-18(23-25)14-1-5-16(22)6-2-14/h1-8,13H,9-12H2. The lowest BCUT2D eigenvalue weighted by molar-refractivity contribution is 0.0297. The van der Waals surface area contributed by atoms with E-state index in [9.17, 15) is 9.18 Å². The molecule has 0 bridgehead atoms. The van der Waals surface area contributed by atoms with E-state index in [2.05, 4.69) is 5.10 Å². The first-order valence-electron chi connectivity index (χ1n) is 8.61. The van der Waals surface area contributed by atoms with Gasteiger partial charge in [0.2, 0.25) is 0 Å². The first-order valence-corrected chi connectivity index (χ1v) is 8.98. The topological polar surface area (TPSA) is 47.4 Å². The number of hydrogen-bond acceptors (Lipinski definition) is 3. The third-order valence-electron chi connectivity index (χ3n) is 4.44. The van der Waals surface area contributed by atoms with Crippen LogP contribution < -0.4 is 0 Å². The molecule has 0 N–H and O–H groups in total. The number of carbonyl (C=O) groups excluding carboxylic acids is 1. The van der Waals surface area contributed by atoms with Gasteiger partial charge in [0.1, 0.15) is 11.5 Å². The SMILES string of the molecule is O=C(c1cc(-c2ccc(F)cc2)nn1-c1ccc(Cl)cc1)N1CCOCC1. The molecular weight excluding hydrogens is 369 g/mol. The van der Waals surface area contributed by atoms with Crippen molar-refractivity contribution in [3.05, 3.63) is 71.1 Å². The lowest BCUT2D eigenvalue weighted by atomic mass is 10.1. The van der Waals surface area contributed by atoms with Crippen molar-refractivity contribution in [2.24, 2.45) is 0 Å². The molecule has 138 valence electrons. The van der Waals surface area contributed by atoms with Gasteiger partial charge in [-0.05, 0) is 54.6 Å². The molecule has 1 fully saturated rings. The van der Waals surface area contributed by atoms with Gasteiger partial charge in [-0.25, -0.2) is 9.07 Å². The average Bonchev–Trinajstić information content (AvgIpc) is 3.14. The molecule has 3 aromatic rings. The molecule has 0 atom stereocenters. The van der Waals surface area contributed by atoms with Crippen molar-refractivity contribution in [2.75, 3.05) is 26.3 Å². The van der Waals surface area contributed by atoms with Gasteiger partial charge in [-0.1, -0.05) is 11.6 Å². The molecule has 2 heterocycles. The van der Waals surface area contributed by atoms with Crippen LogP contribution in [-0.4, -0.2) is 46.9 Å². The van der Waals surface area contributed by atoms with E-state index in [1.54, 1.807) is 52.0 Å². The molecule has 5 nitrogen and oxygen atoms in total. The number of carbonyl (C=O) groups is 1. The van der Waals surface area contributed by atoms with Crippen molar-refractivity contribution in [1.82, 2.24) is 14.7 Å². The number of aromatic nitrogens is 2. The van der Waals surface area contributed by atoms with Gasteiger partial charge in [0.25, 0.3) is 5.91 Å². The van der Waals surface area contributed by atoms with Gasteiger partial charge < -0.3 is 9.64 Å². The number of benzene rings is 2. The van der Waals surface area contributed by atoms with Crippen LogP contribution in [0.1, 0.15) is 10.5 Å². The predicted octanol–water partition coefficient (Wildman–Crippen LogP) is 3.80. The molecule has 1 aromatic heterocycles. The van der Waals surface area contributed by atoms with E-state index in [4.69, 9.17) is 16.3 Å². The summed E-state index contributed by atoms with van der Waals surface area (Å²) in [5, 5.41) is 5.20. The highest BCUT2D eigenvalue weighted by molar-refractivity contribution is 6.30. The van der Waals surface area contributed by atoms with Crippen LogP contribution in [0, 0.1) is 5.82 Å². The monoisotopic (exact) mass is 385 g/mol. The minimum Gasteiger partial charge on any atom is -0.378 e. The molecule has 0 spiro atoms. The Morgan fingerprint density at radius 1 is 1.04 bits per heavy atom. The second kappa shape index (κ2) is 7.50. The minimum atomic E-state index is -0.319. The quantitative estimate of drug-likeness (QED) is 0.689. The molecule has 27 heavy (non-hydrogen) atoms. The Morgan fingerprint density at radius 2 is 1.70 bits per heavy atom. The zero-order chi connectivity index (χ0) is 18.8. The summed E-state index contributed by atoms with van der Waals surface area (Å²) < 4.78 is 20.2. The molecule has 0 radical (unpaired) electrons. The number of amides is 1. The first kappa shape index (κ1) is 17.7. The molecule has 1 aliphatic heterocycles. The number of nitrogens with zero attached hydrogens (tertiary/aromatic N) is 3. The molecule has 4 rings (SSSR count). The van der Waals surface area contributed by atoms with E-state index in [0.29, 0.717) is 42.7 Å². The Labute approximate surface area is 160 Å². The maximum Gasteiger partial charge on any atom is 0.272 e. The smallest absolute Gasteiger partial charge is 0.272 e. The summed E-state index contributed by atoms with van der Waals surface area (Å²) in [4.78, 5) is 14.8. The van der Waals surface area contributed by atoms with Crippen molar-refractivity contribution in [3.63, 3.8) is 0 Å². The van der Waals surface area contributed by atoms with E-state index in [1.807, 2.05) is 0 Å². The average molecular weight is 386 g/mol. The summed E-state index contributed by atoms with van der Waals surface area (Å²) in [6.45, 7) is 2.12. The van der Waals surface area contributed by atoms with Gasteiger partial charge in [-0.3, -0.25) is 4.79 Å². The Morgan fingerprint density at radius 3 is 2.37 bits per heavy atom. The van der Waals surface area contributed by atoms with Crippen molar-refractivity contribution >= 4 is 17.5 Å². The normalized spacial score (nSPS) is 14.4. The van der Waals surface area contributed by atoms with Crippen molar-refractivity contribution in [3.8, 4) is 16.9 Å². The van der Waals surface area contributed by atoms with Crippen molar-refractivity contribution < 1.29 is 13.9 Å². The molecule has 7 heteroatoms. The van der Waals surface area contributed by atoms with Crippen molar-refractivity contribution in [2.45, 2.75) is 0 Å². The van der Waals surface area contributed by atoms with Crippen LogP contribution in [0.4, 0.5) is 4.39 Å². The van der Waals surface area contributed by atoms with Crippen LogP contribution >= 0.6 is 11.6 Å². The van der Waals surface area contributed by atoms with Gasteiger partial charge in [0.15, 0.2) is 0 Å². The van der Waals surface area contributed by atoms with Gasteiger partial charge in [0, 0.05) is 23.7 Å². The zero-order valence-electron chi connectivity index (χ0n) is 14.4. The molecule has 2 aromatic carbocycles. The summed E-state index contributed by atoms with van der Waals surface area (Å²) >= 11 is 5.98. The second-order valence-corrected chi connectivity index (χ2v) is 6.65. The van der Waals surface area contributed by atoms with Crippen LogP contribution in [-0.2, 0) is 4.74 Å². The summed E-state index contributed by atoms with van der Waals surface area (Å²) in [6.07, 6.45) is 0. The fourth-order valence-electron chi connectivity index (χ4n) is 3.00. The summed E-state index contributed by atoms with van der Waals surface area (Å²) in [7, 11) is 0. The van der Waals surface area contributed by atoms with E-state index >= 15 is 0 Å².